The zero-order valence-corrected chi connectivity index (χ0v) is 12.9. The second kappa shape index (κ2) is 6.78. The van der Waals surface area contributed by atoms with Crippen molar-refractivity contribution < 1.29 is 23.5 Å². The van der Waals surface area contributed by atoms with E-state index < -0.39 is 17.8 Å². The van der Waals surface area contributed by atoms with Gasteiger partial charge in [0.1, 0.15) is 17.6 Å². The number of methoxy groups -OCH3 is 1. The highest BCUT2D eigenvalue weighted by Crippen LogP contribution is 2.24. The summed E-state index contributed by atoms with van der Waals surface area (Å²) < 4.78 is 24.0. The maximum Gasteiger partial charge on any atom is 0.361 e. The SMILES string of the molecule is CCOC(=O)c1nn(-c2ccc(F)c(C#N)c2)c(C(=O)OC)c1N. The Hall–Kier alpha value is -3.41. The first-order valence-electron chi connectivity index (χ1n) is 6.78. The van der Waals surface area contributed by atoms with Gasteiger partial charge in [-0.1, -0.05) is 0 Å². The van der Waals surface area contributed by atoms with Gasteiger partial charge in [-0.3, -0.25) is 0 Å². The van der Waals surface area contributed by atoms with E-state index in [2.05, 4.69) is 9.84 Å². The molecule has 2 rings (SSSR count). The lowest BCUT2D eigenvalue weighted by Gasteiger charge is -2.07. The van der Waals surface area contributed by atoms with E-state index in [1.54, 1.807) is 13.0 Å². The zero-order chi connectivity index (χ0) is 17.9. The Labute approximate surface area is 136 Å². The van der Waals surface area contributed by atoms with Gasteiger partial charge in [0, 0.05) is 0 Å². The summed E-state index contributed by atoms with van der Waals surface area (Å²) in [5, 5.41) is 12.9. The standard InChI is InChI=1S/C15H13FN4O4/c1-3-24-14(21)12-11(18)13(15(22)23-2)20(19-12)9-4-5-10(16)8(6-9)7-17/h4-6H,3,18H2,1-2H3. The minimum Gasteiger partial charge on any atom is -0.464 e. The van der Waals surface area contributed by atoms with Gasteiger partial charge in [-0.05, 0) is 25.1 Å². The Balaban J connectivity index is 2.69. The molecular weight excluding hydrogens is 319 g/mol. The molecule has 0 amide bonds. The van der Waals surface area contributed by atoms with E-state index in [0.29, 0.717) is 0 Å². The van der Waals surface area contributed by atoms with Crippen molar-refractivity contribution in [2.45, 2.75) is 6.92 Å². The lowest BCUT2D eigenvalue weighted by atomic mass is 10.2. The number of nitrogen functional groups attached to an aromatic ring is 1. The average Bonchev–Trinajstić information content (AvgIpc) is 2.92. The molecule has 8 nitrogen and oxygen atoms in total. The number of hydrogen-bond donors (Lipinski definition) is 1. The summed E-state index contributed by atoms with van der Waals surface area (Å²) in [5.41, 5.74) is 5.00. The molecule has 0 atom stereocenters. The molecule has 0 saturated carbocycles. The molecule has 9 heteroatoms. The van der Waals surface area contributed by atoms with Crippen LogP contribution in [0.1, 0.15) is 33.5 Å². The fourth-order valence-corrected chi connectivity index (χ4v) is 1.99. The van der Waals surface area contributed by atoms with Crippen LogP contribution in [0.5, 0.6) is 0 Å². The van der Waals surface area contributed by atoms with Crippen LogP contribution in [0.2, 0.25) is 0 Å². The Morgan fingerprint density at radius 1 is 1.42 bits per heavy atom. The molecule has 1 heterocycles. The molecule has 0 bridgehead atoms. The molecule has 0 saturated heterocycles. The quantitative estimate of drug-likeness (QED) is 0.841. The molecule has 0 fully saturated rings. The summed E-state index contributed by atoms with van der Waals surface area (Å²) in [4.78, 5) is 23.9. The lowest BCUT2D eigenvalue weighted by molar-refractivity contribution is 0.0519. The summed E-state index contributed by atoms with van der Waals surface area (Å²) in [5.74, 6) is -2.40. The third-order valence-electron chi connectivity index (χ3n) is 3.08. The van der Waals surface area contributed by atoms with Gasteiger partial charge in [-0.15, -0.1) is 0 Å². The van der Waals surface area contributed by atoms with Gasteiger partial charge in [0.05, 0.1) is 25.0 Å². The van der Waals surface area contributed by atoms with Crippen LogP contribution in [0.4, 0.5) is 10.1 Å². The maximum absolute atomic E-state index is 13.5. The summed E-state index contributed by atoms with van der Waals surface area (Å²) in [6, 6.07) is 5.17. The lowest BCUT2D eigenvalue weighted by Crippen LogP contribution is -2.12. The molecule has 124 valence electrons. The van der Waals surface area contributed by atoms with Crippen LogP contribution in [-0.2, 0) is 9.47 Å². The number of ether oxygens (including phenoxy) is 2. The molecule has 0 unspecified atom stereocenters. The zero-order valence-electron chi connectivity index (χ0n) is 12.9. The smallest absolute Gasteiger partial charge is 0.361 e. The molecule has 2 aromatic rings. The summed E-state index contributed by atoms with van der Waals surface area (Å²) in [6.07, 6.45) is 0. The number of halogens is 1. The van der Waals surface area contributed by atoms with Crippen molar-refractivity contribution in [3.8, 4) is 11.8 Å². The van der Waals surface area contributed by atoms with Crippen molar-refractivity contribution in [2.75, 3.05) is 19.5 Å². The van der Waals surface area contributed by atoms with Crippen molar-refractivity contribution in [3.63, 3.8) is 0 Å². The normalized spacial score (nSPS) is 10.1. The van der Waals surface area contributed by atoms with E-state index in [1.165, 1.54) is 12.1 Å². The molecule has 2 N–H and O–H groups in total. The van der Waals surface area contributed by atoms with Crippen LogP contribution in [0.25, 0.3) is 5.69 Å². The van der Waals surface area contributed by atoms with Crippen molar-refractivity contribution >= 4 is 17.6 Å². The van der Waals surface area contributed by atoms with Crippen molar-refractivity contribution in [1.82, 2.24) is 9.78 Å². The number of benzene rings is 1. The summed E-state index contributed by atoms with van der Waals surface area (Å²) >= 11 is 0. The second-order valence-corrected chi connectivity index (χ2v) is 4.51. The van der Waals surface area contributed by atoms with E-state index in [-0.39, 0.29) is 34.9 Å². The maximum atomic E-state index is 13.5. The van der Waals surface area contributed by atoms with Crippen LogP contribution in [0.15, 0.2) is 18.2 Å². The number of rotatable bonds is 4. The van der Waals surface area contributed by atoms with Gasteiger partial charge < -0.3 is 15.2 Å². The number of nitrogens with zero attached hydrogens (tertiary/aromatic N) is 3. The van der Waals surface area contributed by atoms with Gasteiger partial charge in [-0.25, -0.2) is 18.7 Å². The number of carbonyl (C=O) groups is 2. The van der Waals surface area contributed by atoms with E-state index in [0.717, 1.165) is 17.9 Å². The summed E-state index contributed by atoms with van der Waals surface area (Å²) in [6.45, 7) is 1.69. The molecule has 0 aliphatic carbocycles. The monoisotopic (exact) mass is 332 g/mol. The molecule has 1 aromatic carbocycles. The third kappa shape index (κ3) is 2.89. The molecule has 0 aliphatic heterocycles. The molecule has 24 heavy (non-hydrogen) atoms. The predicted octanol–water partition coefficient (Wildman–Crippen LogP) is 1.43. The fraction of sp³-hybridized carbons (Fsp3) is 0.200. The van der Waals surface area contributed by atoms with Gasteiger partial charge in [0.2, 0.25) is 0 Å². The Kier molecular flexibility index (Phi) is 4.79. The van der Waals surface area contributed by atoms with Crippen LogP contribution in [0.3, 0.4) is 0 Å². The first-order chi connectivity index (χ1) is 11.4. The minimum atomic E-state index is -0.849. The first-order valence-corrected chi connectivity index (χ1v) is 6.78. The molecule has 1 aromatic heterocycles. The number of nitrogens with two attached hydrogens (primary N) is 1. The average molecular weight is 332 g/mol. The van der Waals surface area contributed by atoms with Gasteiger partial charge in [-0.2, -0.15) is 10.4 Å². The molecule has 0 aliphatic rings. The van der Waals surface area contributed by atoms with E-state index in [1.807, 2.05) is 0 Å². The number of nitriles is 1. The number of anilines is 1. The van der Waals surface area contributed by atoms with Crippen molar-refractivity contribution in [3.05, 3.63) is 41.0 Å². The van der Waals surface area contributed by atoms with Crippen LogP contribution < -0.4 is 5.73 Å². The third-order valence-corrected chi connectivity index (χ3v) is 3.08. The highest BCUT2D eigenvalue weighted by molar-refractivity contribution is 6.02. The molecule has 0 spiro atoms. The molecule has 0 radical (unpaired) electrons. The topological polar surface area (TPSA) is 120 Å². The van der Waals surface area contributed by atoms with Gasteiger partial charge in [0.25, 0.3) is 0 Å². The summed E-state index contributed by atoms with van der Waals surface area (Å²) in [7, 11) is 1.13. The largest absolute Gasteiger partial charge is 0.464 e. The van der Waals surface area contributed by atoms with Gasteiger partial charge in [0.15, 0.2) is 11.4 Å². The van der Waals surface area contributed by atoms with Crippen LogP contribution in [-0.4, -0.2) is 35.4 Å². The number of carbonyl (C=O) groups excluding carboxylic acids is 2. The minimum absolute atomic E-state index is 0.0911. The number of esters is 2. The van der Waals surface area contributed by atoms with Crippen LogP contribution >= 0.6 is 0 Å². The molecular formula is C15H13FN4O4. The van der Waals surface area contributed by atoms with Crippen molar-refractivity contribution in [2.24, 2.45) is 0 Å². The number of aromatic nitrogens is 2. The van der Waals surface area contributed by atoms with Crippen molar-refractivity contribution in [1.29, 1.82) is 5.26 Å². The Bertz CT molecular complexity index is 854. The Morgan fingerprint density at radius 2 is 2.12 bits per heavy atom. The number of hydrogen-bond acceptors (Lipinski definition) is 7. The van der Waals surface area contributed by atoms with Crippen LogP contribution in [0, 0.1) is 17.1 Å². The highest BCUT2D eigenvalue weighted by atomic mass is 19.1. The van der Waals surface area contributed by atoms with E-state index >= 15 is 0 Å². The first kappa shape index (κ1) is 17.0. The van der Waals surface area contributed by atoms with E-state index in [9.17, 15) is 14.0 Å². The fourth-order valence-electron chi connectivity index (χ4n) is 1.99. The van der Waals surface area contributed by atoms with E-state index in [4.69, 9.17) is 15.7 Å². The van der Waals surface area contributed by atoms with Gasteiger partial charge >= 0.3 is 11.9 Å². The Morgan fingerprint density at radius 3 is 2.71 bits per heavy atom. The second-order valence-electron chi connectivity index (χ2n) is 4.51. The highest BCUT2D eigenvalue weighted by Gasteiger charge is 2.28. The predicted molar refractivity (Wildman–Crippen MR) is 79.9 cm³/mol.